The van der Waals surface area contributed by atoms with Gasteiger partial charge >= 0.3 is 5.97 Å². The van der Waals surface area contributed by atoms with Gasteiger partial charge in [-0.25, -0.2) is 0 Å². The van der Waals surface area contributed by atoms with E-state index in [0.717, 1.165) is 12.8 Å². The van der Waals surface area contributed by atoms with Crippen LogP contribution >= 0.6 is 0 Å². The van der Waals surface area contributed by atoms with Gasteiger partial charge in [0.05, 0.1) is 6.61 Å². The van der Waals surface area contributed by atoms with E-state index in [-0.39, 0.29) is 5.97 Å². The second-order valence-corrected chi connectivity index (χ2v) is 11.9. The van der Waals surface area contributed by atoms with Crippen LogP contribution in [0, 0.1) is 0 Å². The Morgan fingerprint density at radius 1 is 0.421 bits per heavy atom. The standard InChI is InChI=1S/C36H70O2/c1-3-5-7-9-11-13-15-17-19-21-23-25-27-29-31-33-35-38-36(37)34-32-30-28-26-24-22-20-18-16-14-12-10-8-6-4-2/h17,19H,3-16,18,20-35H2,1-2H3/b19-17-. The molecule has 0 atom stereocenters. The number of allylic oxidation sites excluding steroid dienone is 2. The summed E-state index contributed by atoms with van der Waals surface area (Å²) < 4.78 is 5.43. The van der Waals surface area contributed by atoms with Crippen LogP contribution in [0.25, 0.3) is 0 Å². The molecule has 0 aliphatic rings. The molecule has 0 radical (unpaired) electrons. The van der Waals surface area contributed by atoms with Crippen molar-refractivity contribution >= 4 is 5.97 Å². The van der Waals surface area contributed by atoms with Gasteiger partial charge in [-0.2, -0.15) is 0 Å². The molecule has 2 heteroatoms. The van der Waals surface area contributed by atoms with Crippen LogP contribution in [0.3, 0.4) is 0 Å². The van der Waals surface area contributed by atoms with Crippen LogP contribution in [0.2, 0.25) is 0 Å². The van der Waals surface area contributed by atoms with Crippen molar-refractivity contribution in [2.24, 2.45) is 0 Å². The van der Waals surface area contributed by atoms with Crippen molar-refractivity contribution in [1.82, 2.24) is 0 Å². The molecule has 0 N–H and O–H groups in total. The van der Waals surface area contributed by atoms with E-state index in [9.17, 15) is 4.79 Å². The van der Waals surface area contributed by atoms with Crippen LogP contribution in [0.1, 0.15) is 206 Å². The summed E-state index contributed by atoms with van der Waals surface area (Å²) in [5, 5.41) is 0. The first-order chi connectivity index (χ1) is 18.8. The molecule has 226 valence electrons. The average molecular weight is 535 g/mol. The summed E-state index contributed by atoms with van der Waals surface area (Å²) in [6.07, 6.45) is 44.1. The van der Waals surface area contributed by atoms with Crippen LogP contribution in [-0.4, -0.2) is 12.6 Å². The van der Waals surface area contributed by atoms with Gasteiger partial charge < -0.3 is 4.74 Å². The minimum atomic E-state index is 0.0208. The van der Waals surface area contributed by atoms with E-state index in [0.29, 0.717) is 13.0 Å². The lowest BCUT2D eigenvalue weighted by Gasteiger charge is -2.05. The number of rotatable bonds is 32. The molecule has 0 amide bonds. The minimum absolute atomic E-state index is 0.0208. The van der Waals surface area contributed by atoms with Crippen LogP contribution in [0.5, 0.6) is 0 Å². The summed E-state index contributed by atoms with van der Waals surface area (Å²) in [7, 11) is 0. The highest BCUT2D eigenvalue weighted by molar-refractivity contribution is 5.69. The van der Waals surface area contributed by atoms with E-state index in [4.69, 9.17) is 4.74 Å². The maximum atomic E-state index is 11.9. The van der Waals surface area contributed by atoms with Gasteiger partial charge in [-0.15, -0.1) is 0 Å². The predicted molar refractivity (Wildman–Crippen MR) is 170 cm³/mol. The Morgan fingerprint density at radius 3 is 1.13 bits per heavy atom. The van der Waals surface area contributed by atoms with Gasteiger partial charge in [-0.1, -0.05) is 174 Å². The Kier molecular flexibility index (Phi) is 33.5. The van der Waals surface area contributed by atoms with Crippen LogP contribution in [0.4, 0.5) is 0 Å². The molecule has 0 heterocycles. The third kappa shape index (κ3) is 33.2. The molecule has 0 spiro atoms. The van der Waals surface area contributed by atoms with Gasteiger partial charge in [0.2, 0.25) is 0 Å². The first kappa shape index (κ1) is 37.2. The number of hydrogen-bond acceptors (Lipinski definition) is 2. The first-order valence-electron chi connectivity index (χ1n) is 17.6. The van der Waals surface area contributed by atoms with Crippen LogP contribution in [0.15, 0.2) is 12.2 Å². The number of carbonyl (C=O) groups excluding carboxylic acids is 1. The van der Waals surface area contributed by atoms with Gasteiger partial charge in [0.15, 0.2) is 0 Å². The zero-order chi connectivity index (χ0) is 27.6. The Labute approximate surface area is 240 Å². The fourth-order valence-electron chi connectivity index (χ4n) is 5.25. The van der Waals surface area contributed by atoms with E-state index in [2.05, 4.69) is 26.0 Å². The van der Waals surface area contributed by atoms with Crippen LogP contribution in [-0.2, 0) is 9.53 Å². The summed E-state index contributed by atoms with van der Waals surface area (Å²) in [5.74, 6) is 0.0208. The highest BCUT2D eigenvalue weighted by Crippen LogP contribution is 2.14. The molecule has 0 unspecified atom stereocenters. The summed E-state index contributed by atoms with van der Waals surface area (Å²) in [6.45, 7) is 5.19. The number of carbonyl (C=O) groups is 1. The van der Waals surface area contributed by atoms with Crippen molar-refractivity contribution in [1.29, 1.82) is 0 Å². The lowest BCUT2D eigenvalue weighted by Crippen LogP contribution is -2.05. The second kappa shape index (κ2) is 34.2. The predicted octanol–water partition coefficient (Wildman–Crippen LogP) is 12.8. The SMILES string of the molecule is CCCCCCCC/C=C\CCCCCCCCOC(=O)CCCCCCCCCCCCCCCCC. The van der Waals surface area contributed by atoms with E-state index in [1.807, 2.05) is 0 Å². The monoisotopic (exact) mass is 535 g/mol. The van der Waals surface area contributed by atoms with Crippen molar-refractivity contribution in [2.75, 3.05) is 6.61 Å². The molecule has 0 fully saturated rings. The highest BCUT2D eigenvalue weighted by Gasteiger charge is 2.02. The maximum absolute atomic E-state index is 11.9. The lowest BCUT2D eigenvalue weighted by atomic mass is 10.0. The quantitative estimate of drug-likeness (QED) is 0.0487. The van der Waals surface area contributed by atoms with Gasteiger partial charge in [0, 0.05) is 6.42 Å². The molecule has 0 rings (SSSR count). The third-order valence-corrected chi connectivity index (χ3v) is 7.90. The minimum Gasteiger partial charge on any atom is -0.466 e. The largest absolute Gasteiger partial charge is 0.466 e. The number of ether oxygens (including phenoxy) is 1. The first-order valence-corrected chi connectivity index (χ1v) is 17.6. The zero-order valence-electron chi connectivity index (χ0n) is 26.4. The van der Waals surface area contributed by atoms with E-state index >= 15 is 0 Å². The Hall–Kier alpha value is -0.790. The Bertz CT molecular complexity index is 470. The van der Waals surface area contributed by atoms with Gasteiger partial charge in [0.1, 0.15) is 0 Å². The maximum Gasteiger partial charge on any atom is 0.305 e. The van der Waals surface area contributed by atoms with Crippen molar-refractivity contribution in [3.8, 4) is 0 Å². The van der Waals surface area contributed by atoms with Gasteiger partial charge in [0.25, 0.3) is 0 Å². The molecule has 0 aliphatic carbocycles. The molecular formula is C36H70O2. The highest BCUT2D eigenvalue weighted by atomic mass is 16.5. The summed E-state index contributed by atoms with van der Waals surface area (Å²) in [4.78, 5) is 11.9. The molecule has 0 aromatic heterocycles. The lowest BCUT2D eigenvalue weighted by molar-refractivity contribution is -0.143. The van der Waals surface area contributed by atoms with Gasteiger partial charge in [-0.3, -0.25) is 4.79 Å². The third-order valence-electron chi connectivity index (χ3n) is 7.90. The molecule has 0 aromatic carbocycles. The van der Waals surface area contributed by atoms with E-state index in [1.54, 1.807) is 0 Å². The number of hydrogen-bond donors (Lipinski definition) is 0. The van der Waals surface area contributed by atoms with Crippen molar-refractivity contribution in [2.45, 2.75) is 206 Å². The van der Waals surface area contributed by atoms with E-state index in [1.165, 1.54) is 173 Å². The number of unbranched alkanes of at least 4 members (excludes halogenated alkanes) is 26. The van der Waals surface area contributed by atoms with Crippen molar-refractivity contribution < 1.29 is 9.53 Å². The molecule has 0 aliphatic heterocycles. The molecular weight excluding hydrogens is 464 g/mol. The fraction of sp³-hybridized carbons (Fsp3) is 0.917. The van der Waals surface area contributed by atoms with Crippen LogP contribution < -0.4 is 0 Å². The topological polar surface area (TPSA) is 26.3 Å². The van der Waals surface area contributed by atoms with Crippen molar-refractivity contribution in [3.05, 3.63) is 12.2 Å². The van der Waals surface area contributed by atoms with Gasteiger partial charge in [-0.05, 0) is 38.5 Å². The zero-order valence-corrected chi connectivity index (χ0v) is 26.4. The summed E-state index contributed by atoms with van der Waals surface area (Å²) in [5.41, 5.74) is 0. The smallest absolute Gasteiger partial charge is 0.305 e. The molecule has 38 heavy (non-hydrogen) atoms. The normalized spacial score (nSPS) is 11.5. The molecule has 0 bridgehead atoms. The molecule has 0 saturated heterocycles. The summed E-state index contributed by atoms with van der Waals surface area (Å²) in [6, 6.07) is 0. The molecule has 2 nitrogen and oxygen atoms in total. The molecule has 0 aromatic rings. The fourth-order valence-corrected chi connectivity index (χ4v) is 5.25. The summed E-state index contributed by atoms with van der Waals surface area (Å²) >= 11 is 0. The average Bonchev–Trinajstić information content (AvgIpc) is 2.92. The van der Waals surface area contributed by atoms with E-state index < -0.39 is 0 Å². The van der Waals surface area contributed by atoms with Crippen molar-refractivity contribution in [3.63, 3.8) is 0 Å². The number of esters is 1. The Morgan fingerprint density at radius 2 is 0.737 bits per heavy atom. The second-order valence-electron chi connectivity index (χ2n) is 11.9. The Balaban J connectivity index is 3.18. The molecule has 0 saturated carbocycles.